The lowest BCUT2D eigenvalue weighted by Gasteiger charge is -2.14. The Labute approximate surface area is 174 Å². The van der Waals surface area contributed by atoms with Gasteiger partial charge in [-0.1, -0.05) is 23.7 Å². The van der Waals surface area contributed by atoms with Crippen LogP contribution in [0.25, 0.3) is 0 Å². The number of carbonyl (C=O) groups excluding carboxylic acids is 3. The van der Waals surface area contributed by atoms with E-state index in [9.17, 15) is 14.4 Å². The third-order valence-electron chi connectivity index (χ3n) is 3.73. The van der Waals surface area contributed by atoms with Crippen LogP contribution in [0, 0.1) is 0 Å². The van der Waals surface area contributed by atoms with Crippen LogP contribution in [0.15, 0.2) is 42.6 Å². The van der Waals surface area contributed by atoms with Crippen molar-refractivity contribution in [1.82, 2.24) is 15.6 Å². The van der Waals surface area contributed by atoms with Gasteiger partial charge in [0.1, 0.15) is 0 Å². The van der Waals surface area contributed by atoms with Gasteiger partial charge in [0.25, 0.3) is 5.91 Å². The summed E-state index contributed by atoms with van der Waals surface area (Å²) in [5.41, 5.74) is 1.44. The Morgan fingerprint density at radius 2 is 1.79 bits per heavy atom. The minimum atomic E-state index is -1.03. The van der Waals surface area contributed by atoms with Crippen molar-refractivity contribution in [3.63, 3.8) is 0 Å². The van der Waals surface area contributed by atoms with Gasteiger partial charge in [-0.05, 0) is 50.6 Å². The number of rotatable bonds is 7. The number of carbonyl (C=O) groups is 3. The van der Waals surface area contributed by atoms with Gasteiger partial charge in [0.05, 0.1) is 11.3 Å². The summed E-state index contributed by atoms with van der Waals surface area (Å²) < 4.78 is 5.20. The van der Waals surface area contributed by atoms with Gasteiger partial charge in [0.15, 0.2) is 11.3 Å². The van der Waals surface area contributed by atoms with E-state index >= 15 is 0 Å². The number of hydrogen-bond donors (Lipinski definition) is 3. The summed E-state index contributed by atoms with van der Waals surface area (Å²) in [7, 11) is 0. The lowest BCUT2D eigenvalue weighted by molar-refractivity contribution is -0.123. The summed E-state index contributed by atoms with van der Waals surface area (Å²) in [6, 6.07) is 9.54. The van der Waals surface area contributed by atoms with Crippen LogP contribution in [0.2, 0.25) is 5.15 Å². The number of halogens is 1. The summed E-state index contributed by atoms with van der Waals surface area (Å²) in [5.74, 6) is -1.16. The number of amides is 3. The van der Waals surface area contributed by atoms with E-state index in [0.29, 0.717) is 17.8 Å². The maximum Gasteiger partial charge on any atom is 0.338 e. The largest absolute Gasteiger partial charge is 0.449 e. The summed E-state index contributed by atoms with van der Waals surface area (Å²) in [6.45, 7) is 5.51. The fourth-order valence-corrected chi connectivity index (χ4v) is 2.42. The first-order valence-electron chi connectivity index (χ1n) is 9.02. The first-order valence-corrected chi connectivity index (χ1v) is 9.39. The number of pyridine rings is 1. The number of hydrogen-bond acceptors (Lipinski definition) is 5. The average molecular weight is 419 g/mol. The van der Waals surface area contributed by atoms with E-state index < -0.39 is 18.0 Å². The molecule has 1 atom stereocenters. The number of urea groups is 1. The Kier molecular flexibility index (Phi) is 7.97. The van der Waals surface area contributed by atoms with E-state index in [1.165, 1.54) is 13.1 Å². The number of anilines is 1. The maximum absolute atomic E-state index is 12.3. The topological polar surface area (TPSA) is 109 Å². The molecule has 0 fully saturated rings. The molecule has 3 N–H and O–H groups in total. The first kappa shape index (κ1) is 22.2. The van der Waals surface area contributed by atoms with E-state index in [1.807, 2.05) is 13.8 Å². The normalized spacial score (nSPS) is 11.5. The number of benzene rings is 1. The highest BCUT2D eigenvalue weighted by molar-refractivity contribution is 6.32. The van der Waals surface area contributed by atoms with Gasteiger partial charge in [-0.15, -0.1) is 0 Å². The Hall–Kier alpha value is -3.13. The van der Waals surface area contributed by atoms with Gasteiger partial charge in [-0.3, -0.25) is 4.79 Å². The Morgan fingerprint density at radius 1 is 1.10 bits per heavy atom. The fraction of sp³-hybridized carbons (Fsp3) is 0.300. The molecule has 29 heavy (non-hydrogen) atoms. The van der Waals surface area contributed by atoms with Gasteiger partial charge in [0, 0.05) is 18.8 Å². The smallest absolute Gasteiger partial charge is 0.338 e. The third kappa shape index (κ3) is 7.08. The SMILES string of the molecule is CC(C)NC(=O)NCc1ccc(C(=O)O[C@@H](C)C(=O)Nc2cccnc2Cl)cc1. The van der Waals surface area contributed by atoms with Gasteiger partial charge < -0.3 is 20.7 Å². The molecule has 2 aromatic rings. The van der Waals surface area contributed by atoms with Gasteiger partial charge >= 0.3 is 12.0 Å². The number of ether oxygens (including phenoxy) is 1. The number of esters is 1. The zero-order chi connectivity index (χ0) is 21.4. The van der Waals surface area contributed by atoms with E-state index in [-0.39, 0.29) is 17.2 Å². The predicted octanol–water partition coefficient (Wildman–Crippen LogP) is 3.13. The highest BCUT2D eigenvalue weighted by Crippen LogP contribution is 2.18. The summed E-state index contributed by atoms with van der Waals surface area (Å²) in [4.78, 5) is 39.9. The van der Waals surface area contributed by atoms with E-state index in [2.05, 4.69) is 20.9 Å². The molecular weight excluding hydrogens is 396 g/mol. The van der Waals surface area contributed by atoms with Crippen molar-refractivity contribution in [1.29, 1.82) is 0 Å². The zero-order valence-corrected chi connectivity index (χ0v) is 17.1. The molecule has 1 heterocycles. The van der Waals surface area contributed by atoms with Crippen LogP contribution in [-0.4, -0.2) is 35.0 Å². The zero-order valence-electron chi connectivity index (χ0n) is 16.4. The molecule has 1 aromatic carbocycles. The highest BCUT2D eigenvalue weighted by Gasteiger charge is 2.20. The second-order valence-corrected chi connectivity index (χ2v) is 6.92. The average Bonchev–Trinajstić information content (AvgIpc) is 2.68. The van der Waals surface area contributed by atoms with Gasteiger partial charge in [-0.25, -0.2) is 14.6 Å². The van der Waals surface area contributed by atoms with Crippen LogP contribution in [0.3, 0.4) is 0 Å². The van der Waals surface area contributed by atoms with E-state index in [0.717, 1.165) is 5.56 Å². The monoisotopic (exact) mass is 418 g/mol. The molecule has 0 unspecified atom stereocenters. The number of nitrogens with one attached hydrogen (secondary N) is 3. The second kappa shape index (κ2) is 10.4. The van der Waals surface area contributed by atoms with Crippen molar-refractivity contribution in [2.75, 3.05) is 5.32 Å². The van der Waals surface area contributed by atoms with Crippen LogP contribution < -0.4 is 16.0 Å². The van der Waals surface area contributed by atoms with E-state index in [1.54, 1.807) is 36.4 Å². The van der Waals surface area contributed by atoms with Crippen molar-refractivity contribution < 1.29 is 19.1 Å². The first-order chi connectivity index (χ1) is 13.8. The predicted molar refractivity (Wildman–Crippen MR) is 110 cm³/mol. The minimum absolute atomic E-state index is 0.0421. The van der Waals surface area contributed by atoms with Crippen LogP contribution in [0.4, 0.5) is 10.5 Å². The number of nitrogens with zero attached hydrogens (tertiary/aromatic N) is 1. The maximum atomic E-state index is 12.3. The molecule has 9 heteroatoms. The van der Waals surface area contributed by atoms with E-state index in [4.69, 9.17) is 16.3 Å². The molecule has 1 aromatic heterocycles. The second-order valence-electron chi connectivity index (χ2n) is 6.56. The van der Waals surface area contributed by atoms with Crippen molar-refractivity contribution in [2.24, 2.45) is 0 Å². The molecule has 0 saturated carbocycles. The van der Waals surface area contributed by atoms with Crippen molar-refractivity contribution in [2.45, 2.75) is 39.5 Å². The van der Waals surface area contributed by atoms with Gasteiger partial charge in [-0.2, -0.15) is 0 Å². The molecule has 2 rings (SSSR count). The quantitative estimate of drug-likeness (QED) is 0.472. The summed E-state index contributed by atoms with van der Waals surface area (Å²) in [5, 5.41) is 8.14. The molecule has 0 bridgehead atoms. The Balaban J connectivity index is 1.87. The molecule has 0 spiro atoms. The molecule has 0 aliphatic heterocycles. The van der Waals surface area contributed by atoms with Crippen LogP contribution in [0.1, 0.15) is 36.7 Å². The van der Waals surface area contributed by atoms with Crippen LogP contribution >= 0.6 is 11.6 Å². The fourth-order valence-electron chi connectivity index (χ4n) is 2.25. The Bertz CT molecular complexity index is 871. The minimum Gasteiger partial charge on any atom is -0.449 e. The molecule has 3 amide bonds. The van der Waals surface area contributed by atoms with Crippen LogP contribution in [0.5, 0.6) is 0 Å². The lowest BCUT2D eigenvalue weighted by atomic mass is 10.1. The van der Waals surface area contributed by atoms with Gasteiger partial charge in [0.2, 0.25) is 0 Å². The van der Waals surface area contributed by atoms with Crippen molar-refractivity contribution in [3.8, 4) is 0 Å². The Morgan fingerprint density at radius 3 is 2.41 bits per heavy atom. The third-order valence-corrected chi connectivity index (χ3v) is 4.03. The lowest BCUT2D eigenvalue weighted by Crippen LogP contribution is -2.39. The molecular formula is C20H23ClN4O4. The molecule has 0 radical (unpaired) electrons. The molecule has 0 aliphatic carbocycles. The summed E-state index contributed by atoms with van der Waals surface area (Å²) in [6.07, 6.45) is 0.469. The highest BCUT2D eigenvalue weighted by atomic mass is 35.5. The van der Waals surface area contributed by atoms with Crippen molar-refractivity contribution >= 4 is 35.2 Å². The number of aromatic nitrogens is 1. The summed E-state index contributed by atoms with van der Waals surface area (Å²) >= 11 is 5.90. The molecule has 0 aliphatic rings. The van der Waals surface area contributed by atoms with Crippen molar-refractivity contribution in [3.05, 3.63) is 58.9 Å². The molecule has 8 nitrogen and oxygen atoms in total. The van der Waals surface area contributed by atoms with Crippen LogP contribution in [-0.2, 0) is 16.1 Å². The molecule has 154 valence electrons. The molecule has 0 saturated heterocycles. The standard InChI is InChI=1S/C20H23ClN4O4/c1-12(2)24-20(28)23-11-14-6-8-15(9-7-14)19(27)29-13(3)18(26)25-16-5-4-10-22-17(16)21/h4-10,12-13H,11H2,1-3H3,(H,25,26)(H2,23,24,28)/t13-/m0/s1.